The Hall–Kier alpha value is -3.52. The summed E-state index contributed by atoms with van der Waals surface area (Å²) in [6.07, 6.45) is -0.618. The van der Waals surface area contributed by atoms with Crippen molar-refractivity contribution in [1.29, 1.82) is 0 Å². The lowest BCUT2D eigenvalue weighted by Gasteiger charge is -2.22. The van der Waals surface area contributed by atoms with Gasteiger partial charge in [0.05, 0.1) is 33.2 Å². The number of methoxy groups -OCH3 is 2. The molecule has 0 spiro atoms. The van der Waals surface area contributed by atoms with E-state index in [-0.39, 0.29) is 30.6 Å². The van der Waals surface area contributed by atoms with Crippen LogP contribution in [0.2, 0.25) is 0 Å². The fourth-order valence-corrected chi connectivity index (χ4v) is 4.43. The second-order valence-electron chi connectivity index (χ2n) is 8.18. The van der Waals surface area contributed by atoms with Crippen molar-refractivity contribution >= 4 is 28.0 Å². The first kappa shape index (κ1) is 24.6. The van der Waals surface area contributed by atoms with Crippen LogP contribution in [0.15, 0.2) is 71.2 Å². The number of carbonyl (C=O) groups excluding carboxylic acids is 2. The molecule has 0 saturated carbocycles. The Morgan fingerprint density at radius 1 is 1.00 bits per heavy atom. The van der Waals surface area contributed by atoms with E-state index in [4.69, 9.17) is 18.9 Å². The average molecular weight is 540 g/mol. The molecule has 2 unspecified atom stereocenters. The highest BCUT2D eigenvalue weighted by Crippen LogP contribution is 2.38. The first-order chi connectivity index (χ1) is 16.9. The van der Waals surface area contributed by atoms with Gasteiger partial charge >= 0.3 is 12.1 Å². The minimum atomic E-state index is -0.380. The molecular formula is C27H26BrNO6. The molecule has 3 aromatic rings. The Kier molecular flexibility index (Phi) is 7.60. The number of hydrogen-bond acceptors (Lipinski definition) is 6. The molecule has 7 nitrogen and oxygen atoms in total. The first-order valence-corrected chi connectivity index (χ1v) is 11.9. The summed E-state index contributed by atoms with van der Waals surface area (Å²) in [6.45, 7) is 2.27. The van der Waals surface area contributed by atoms with Gasteiger partial charge in [-0.3, -0.25) is 9.69 Å². The standard InChI is InChI=1S/C27H26BrNO6/c1-17-26(19-7-5-4-6-8-19)35-27(31)29(17)16-20-15-21(28)10-12-22(20)34-24-13-18(14-25(30)33-3)9-11-23(24)32-2/h4-13,15,17,26H,14,16H2,1-3H3. The second-order valence-corrected chi connectivity index (χ2v) is 9.09. The number of amides is 1. The fraction of sp³-hybridized carbons (Fsp3) is 0.259. The van der Waals surface area contributed by atoms with Crippen LogP contribution in [0, 0.1) is 0 Å². The van der Waals surface area contributed by atoms with Gasteiger partial charge in [0.1, 0.15) is 11.9 Å². The van der Waals surface area contributed by atoms with Crippen LogP contribution in [0.4, 0.5) is 4.79 Å². The van der Waals surface area contributed by atoms with Crippen molar-refractivity contribution in [2.45, 2.75) is 32.0 Å². The number of esters is 1. The minimum Gasteiger partial charge on any atom is -0.493 e. The molecule has 3 aromatic carbocycles. The van der Waals surface area contributed by atoms with Crippen LogP contribution in [0.5, 0.6) is 17.2 Å². The molecule has 2 atom stereocenters. The van der Waals surface area contributed by atoms with E-state index < -0.39 is 0 Å². The highest BCUT2D eigenvalue weighted by molar-refractivity contribution is 9.10. The molecule has 4 rings (SSSR count). The van der Waals surface area contributed by atoms with E-state index in [0.29, 0.717) is 23.8 Å². The maximum atomic E-state index is 12.8. The molecule has 8 heteroatoms. The Morgan fingerprint density at radius 2 is 1.74 bits per heavy atom. The third-order valence-corrected chi connectivity index (χ3v) is 6.40. The number of ether oxygens (including phenoxy) is 4. The molecule has 0 radical (unpaired) electrons. The van der Waals surface area contributed by atoms with Gasteiger partial charge < -0.3 is 18.9 Å². The molecule has 0 bridgehead atoms. The maximum Gasteiger partial charge on any atom is 0.411 e. The monoisotopic (exact) mass is 539 g/mol. The molecule has 1 heterocycles. The lowest BCUT2D eigenvalue weighted by Crippen LogP contribution is -2.31. The molecule has 182 valence electrons. The summed E-state index contributed by atoms with van der Waals surface area (Å²) in [4.78, 5) is 26.2. The summed E-state index contributed by atoms with van der Waals surface area (Å²) < 4.78 is 23.0. The molecule has 1 saturated heterocycles. The number of benzene rings is 3. The van der Waals surface area contributed by atoms with E-state index in [9.17, 15) is 9.59 Å². The van der Waals surface area contributed by atoms with Crippen LogP contribution >= 0.6 is 15.9 Å². The van der Waals surface area contributed by atoms with Crippen molar-refractivity contribution in [3.05, 3.63) is 87.9 Å². The second kappa shape index (κ2) is 10.8. The molecule has 0 N–H and O–H groups in total. The van der Waals surface area contributed by atoms with Crippen LogP contribution in [-0.4, -0.2) is 37.2 Å². The maximum absolute atomic E-state index is 12.8. The van der Waals surface area contributed by atoms with E-state index in [1.165, 1.54) is 7.11 Å². The topological polar surface area (TPSA) is 74.3 Å². The normalized spacial score (nSPS) is 17.1. The number of carbonyl (C=O) groups is 2. The summed E-state index contributed by atoms with van der Waals surface area (Å²) in [7, 11) is 2.90. The van der Waals surface area contributed by atoms with Crippen molar-refractivity contribution < 1.29 is 28.5 Å². The van der Waals surface area contributed by atoms with Crippen molar-refractivity contribution in [2.75, 3.05) is 14.2 Å². The number of nitrogens with zero attached hydrogens (tertiary/aromatic N) is 1. The average Bonchev–Trinajstić information content (AvgIpc) is 3.14. The quantitative estimate of drug-likeness (QED) is 0.324. The van der Waals surface area contributed by atoms with Gasteiger partial charge in [0.2, 0.25) is 0 Å². The highest BCUT2D eigenvalue weighted by Gasteiger charge is 2.39. The zero-order chi connectivity index (χ0) is 24.9. The van der Waals surface area contributed by atoms with Gasteiger partial charge in [-0.05, 0) is 48.4 Å². The lowest BCUT2D eigenvalue weighted by atomic mass is 10.0. The summed E-state index contributed by atoms with van der Waals surface area (Å²) in [5, 5.41) is 0. The van der Waals surface area contributed by atoms with Gasteiger partial charge in [0.15, 0.2) is 11.5 Å². The van der Waals surface area contributed by atoms with Crippen LogP contribution < -0.4 is 9.47 Å². The molecule has 0 aliphatic carbocycles. The van der Waals surface area contributed by atoms with E-state index in [0.717, 1.165) is 21.2 Å². The van der Waals surface area contributed by atoms with Crippen LogP contribution in [-0.2, 0) is 27.2 Å². The number of rotatable bonds is 8. The first-order valence-electron chi connectivity index (χ1n) is 11.1. The SMILES string of the molecule is COC(=O)Cc1ccc(OC)c(Oc2ccc(Br)cc2CN2C(=O)OC(c3ccccc3)C2C)c1. The van der Waals surface area contributed by atoms with Crippen molar-refractivity contribution in [3.8, 4) is 17.2 Å². The number of cyclic esters (lactones) is 1. The van der Waals surface area contributed by atoms with Crippen LogP contribution in [0.25, 0.3) is 0 Å². The van der Waals surface area contributed by atoms with Crippen LogP contribution in [0.3, 0.4) is 0 Å². The smallest absolute Gasteiger partial charge is 0.411 e. The zero-order valence-corrected chi connectivity index (χ0v) is 21.3. The Labute approximate surface area is 212 Å². The van der Waals surface area contributed by atoms with Crippen molar-refractivity contribution in [1.82, 2.24) is 4.90 Å². The molecule has 0 aromatic heterocycles. The van der Waals surface area contributed by atoms with Gasteiger partial charge in [-0.1, -0.05) is 52.3 Å². The van der Waals surface area contributed by atoms with E-state index in [1.807, 2.05) is 55.5 Å². The molecule has 1 fully saturated rings. The van der Waals surface area contributed by atoms with E-state index in [1.54, 1.807) is 30.2 Å². The fourth-order valence-electron chi connectivity index (χ4n) is 4.03. The van der Waals surface area contributed by atoms with E-state index >= 15 is 0 Å². The Morgan fingerprint density at radius 3 is 2.46 bits per heavy atom. The molecule has 1 amide bonds. The number of halogens is 1. The zero-order valence-electron chi connectivity index (χ0n) is 19.7. The number of hydrogen-bond donors (Lipinski definition) is 0. The summed E-state index contributed by atoms with van der Waals surface area (Å²) in [5.74, 6) is 1.19. The third-order valence-electron chi connectivity index (χ3n) is 5.91. The minimum absolute atomic E-state index is 0.113. The Balaban J connectivity index is 1.60. The van der Waals surface area contributed by atoms with Gasteiger partial charge in [-0.15, -0.1) is 0 Å². The summed E-state index contributed by atoms with van der Waals surface area (Å²) >= 11 is 3.52. The van der Waals surface area contributed by atoms with Crippen molar-refractivity contribution in [2.24, 2.45) is 0 Å². The lowest BCUT2D eigenvalue weighted by molar-refractivity contribution is -0.139. The van der Waals surface area contributed by atoms with Gasteiger partial charge in [0, 0.05) is 10.0 Å². The summed E-state index contributed by atoms with van der Waals surface area (Å²) in [5.41, 5.74) is 2.47. The highest BCUT2D eigenvalue weighted by atomic mass is 79.9. The molecule has 1 aliphatic rings. The van der Waals surface area contributed by atoms with Gasteiger partial charge in [-0.25, -0.2) is 4.79 Å². The molecule has 1 aliphatic heterocycles. The van der Waals surface area contributed by atoms with Gasteiger partial charge in [-0.2, -0.15) is 0 Å². The van der Waals surface area contributed by atoms with Crippen LogP contribution in [0.1, 0.15) is 29.7 Å². The Bertz CT molecular complexity index is 1220. The van der Waals surface area contributed by atoms with Crippen molar-refractivity contribution in [3.63, 3.8) is 0 Å². The third kappa shape index (κ3) is 5.59. The van der Waals surface area contributed by atoms with Gasteiger partial charge in [0.25, 0.3) is 0 Å². The molecule has 35 heavy (non-hydrogen) atoms. The predicted octanol–water partition coefficient (Wildman–Crippen LogP) is 6.05. The van der Waals surface area contributed by atoms with E-state index in [2.05, 4.69) is 15.9 Å². The largest absolute Gasteiger partial charge is 0.493 e. The summed E-state index contributed by atoms with van der Waals surface area (Å²) in [6, 6.07) is 20.4. The molecular weight excluding hydrogens is 514 g/mol. The predicted molar refractivity (Wildman–Crippen MR) is 134 cm³/mol.